The third kappa shape index (κ3) is 4.37. The van der Waals surface area contributed by atoms with E-state index in [-0.39, 0.29) is 15.6 Å². The van der Waals surface area contributed by atoms with Crippen molar-refractivity contribution >= 4 is 60.5 Å². The van der Waals surface area contributed by atoms with Crippen LogP contribution in [0.1, 0.15) is 10.4 Å². The molecular formula is C17H16BrN5O2S3. The molecule has 3 aromatic heterocycles. The van der Waals surface area contributed by atoms with Crippen molar-refractivity contribution in [2.45, 2.75) is 20.5 Å². The summed E-state index contributed by atoms with van der Waals surface area (Å²) in [6.07, 6.45) is 6.55. The van der Waals surface area contributed by atoms with Crippen LogP contribution in [0.5, 0.6) is 0 Å². The van der Waals surface area contributed by atoms with E-state index in [1.807, 2.05) is 12.1 Å². The SMILES string of the molecule is CSc1sc(C(=N)N)cc1S(=O)(=O)c1cnc(NCc2cccnc2)c(Br)c1. The fourth-order valence-electron chi connectivity index (χ4n) is 2.33. The highest BCUT2D eigenvalue weighted by molar-refractivity contribution is 9.10. The van der Waals surface area contributed by atoms with Crippen LogP contribution in [0.25, 0.3) is 0 Å². The molecule has 0 atom stereocenters. The van der Waals surface area contributed by atoms with Gasteiger partial charge in [-0.25, -0.2) is 13.4 Å². The molecule has 0 spiro atoms. The standard InChI is InChI=1S/C17H16BrN5O2S3/c1-26-17-14(6-13(27-17)15(19)20)28(24,25)11-5-12(18)16(23-9-11)22-8-10-3-2-4-21-7-10/h2-7,9H,8H2,1H3,(H3,19,20)(H,22,23). The molecule has 7 nitrogen and oxygen atoms in total. The zero-order valence-corrected chi connectivity index (χ0v) is 18.7. The molecule has 146 valence electrons. The third-order valence-corrected chi connectivity index (χ3v) is 8.63. The molecule has 0 unspecified atom stereocenters. The monoisotopic (exact) mass is 497 g/mol. The molecule has 0 fully saturated rings. The number of halogens is 1. The Balaban J connectivity index is 1.89. The number of thiophene rings is 1. The Morgan fingerprint density at radius 2 is 2.18 bits per heavy atom. The maximum Gasteiger partial charge on any atom is 0.210 e. The molecule has 4 N–H and O–H groups in total. The van der Waals surface area contributed by atoms with Crippen LogP contribution in [0.4, 0.5) is 5.82 Å². The van der Waals surface area contributed by atoms with Gasteiger partial charge in [-0.1, -0.05) is 6.07 Å². The molecule has 0 saturated heterocycles. The fraction of sp³-hybridized carbons (Fsp3) is 0.118. The van der Waals surface area contributed by atoms with Gasteiger partial charge < -0.3 is 11.1 Å². The Morgan fingerprint density at radius 3 is 2.79 bits per heavy atom. The van der Waals surface area contributed by atoms with Gasteiger partial charge in [0, 0.05) is 25.1 Å². The lowest BCUT2D eigenvalue weighted by molar-refractivity contribution is 0.594. The van der Waals surface area contributed by atoms with Gasteiger partial charge >= 0.3 is 0 Å². The zero-order chi connectivity index (χ0) is 20.3. The highest BCUT2D eigenvalue weighted by atomic mass is 79.9. The van der Waals surface area contributed by atoms with E-state index in [0.29, 0.717) is 25.9 Å². The van der Waals surface area contributed by atoms with Crippen molar-refractivity contribution < 1.29 is 8.42 Å². The van der Waals surface area contributed by atoms with Gasteiger partial charge in [-0.05, 0) is 45.9 Å². The van der Waals surface area contributed by atoms with Gasteiger partial charge in [0.25, 0.3) is 0 Å². The maximum atomic E-state index is 13.1. The van der Waals surface area contributed by atoms with Gasteiger partial charge in [-0.2, -0.15) is 0 Å². The van der Waals surface area contributed by atoms with Crippen molar-refractivity contribution in [1.29, 1.82) is 5.41 Å². The van der Waals surface area contributed by atoms with Gasteiger partial charge in [0.2, 0.25) is 9.84 Å². The second-order valence-electron chi connectivity index (χ2n) is 5.60. The number of aromatic nitrogens is 2. The van der Waals surface area contributed by atoms with Crippen LogP contribution >= 0.6 is 39.0 Å². The first-order chi connectivity index (χ1) is 13.3. The van der Waals surface area contributed by atoms with Crippen molar-refractivity contribution in [1.82, 2.24) is 9.97 Å². The number of anilines is 1. The van der Waals surface area contributed by atoms with Gasteiger partial charge in [0.1, 0.15) is 11.7 Å². The molecule has 0 radical (unpaired) electrons. The summed E-state index contributed by atoms with van der Waals surface area (Å²) < 4.78 is 27.3. The van der Waals surface area contributed by atoms with Crippen molar-refractivity contribution in [2.75, 3.05) is 11.6 Å². The molecule has 0 aliphatic heterocycles. The van der Waals surface area contributed by atoms with Crippen molar-refractivity contribution in [3.63, 3.8) is 0 Å². The van der Waals surface area contributed by atoms with E-state index < -0.39 is 9.84 Å². The smallest absolute Gasteiger partial charge is 0.210 e. The average Bonchev–Trinajstić information content (AvgIpc) is 3.13. The first-order valence-corrected chi connectivity index (χ1v) is 12.2. The first-order valence-electron chi connectivity index (χ1n) is 7.88. The largest absolute Gasteiger partial charge is 0.383 e. The quantitative estimate of drug-likeness (QED) is 0.258. The van der Waals surface area contributed by atoms with Crippen molar-refractivity contribution in [2.24, 2.45) is 5.73 Å². The number of thioether (sulfide) groups is 1. The molecule has 11 heteroatoms. The maximum absolute atomic E-state index is 13.1. The number of nitrogen functional groups attached to an aromatic ring is 1. The van der Waals surface area contributed by atoms with Gasteiger partial charge in [-0.3, -0.25) is 10.4 Å². The van der Waals surface area contributed by atoms with Crippen LogP contribution in [0, 0.1) is 5.41 Å². The zero-order valence-electron chi connectivity index (χ0n) is 14.6. The summed E-state index contributed by atoms with van der Waals surface area (Å²) in [5.74, 6) is 0.374. The summed E-state index contributed by atoms with van der Waals surface area (Å²) in [6, 6.07) is 6.73. The highest BCUT2D eigenvalue weighted by Gasteiger charge is 2.26. The summed E-state index contributed by atoms with van der Waals surface area (Å²) in [5, 5.41) is 10.7. The summed E-state index contributed by atoms with van der Waals surface area (Å²) in [6.45, 7) is 0.509. The van der Waals surface area contributed by atoms with E-state index in [1.165, 1.54) is 41.4 Å². The minimum atomic E-state index is -3.79. The molecule has 0 aliphatic carbocycles. The second-order valence-corrected chi connectivity index (χ2v) is 10.5. The summed E-state index contributed by atoms with van der Waals surface area (Å²) in [5.41, 5.74) is 6.49. The van der Waals surface area contributed by atoms with E-state index in [1.54, 1.807) is 18.6 Å². The van der Waals surface area contributed by atoms with Crippen molar-refractivity contribution in [3.05, 3.63) is 57.8 Å². The lowest BCUT2D eigenvalue weighted by atomic mass is 10.3. The molecule has 0 saturated carbocycles. The Kier molecular flexibility index (Phi) is 6.38. The second kappa shape index (κ2) is 8.60. The van der Waals surface area contributed by atoms with Gasteiger partial charge in [0.15, 0.2) is 0 Å². The van der Waals surface area contributed by atoms with E-state index in [9.17, 15) is 8.42 Å². The Morgan fingerprint density at radius 1 is 1.39 bits per heavy atom. The van der Waals surface area contributed by atoms with Crippen LogP contribution < -0.4 is 11.1 Å². The first kappa shape index (κ1) is 20.8. The van der Waals surface area contributed by atoms with Gasteiger partial charge in [0.05, 0.1) is 23.4 Å². The number of amidine groups is 1. The molecule has 3 heterocycles. The topological polar surface area (TPSA) is 122 Å². The minimum absolute atomic E-state index is 0.0644. The molecule has 3 rings (SSSR count). The Hall–Kier alpha value is -1.95. The normalized spacial score (nSPS) is 11.4. The predicted molar refractivity (Wildman–Crippen MR) is 116 cm³/mol. The number of nitrogens with zero attached hydrogens (tertiary/aromatic N) is 2. The van der Waals surface area contributed by atoms with Crippen LogP contribution in [0.3, 0.4) is 0 Å². The molecular weight excluding hydrogens is 482 g/mol. The Labute approximate surface area is 179 Å². The van der Waals surface area contributed by atoms with Crippen LogP contribution in [0.2, 0.25) is 0 Å². The fourth-order valence-corrected chi connectivity index (χ4v) is 6.80. The van der Waals surface area contributed by atoms with Crippen LogP contribution in [-0.2, 0) is 16.4 Å². The summed E-state index contributed by atoms with van der Waals surface area (Å²) in [4.78, 5) is 8.93. The summed E-state index contributed by atoms with van der Waals surface area (Å²) in [7, 11) is -3.79. The van der Waals surface area contributed by atoms with E-state index in [2.05, 4.69) is 31.2 Å². The average molecular weight is 498 g/mol. The number of rotatable bonds is 7. The number of sulfone groups is 1. The van der Waals surface area contributed by atoms with E-state index >= 15 is 0 Å². The minimum Gasteiger partial charge on any atom is -0.383 e. The molecule has 3 aromatic rings. The van der Waals surface area contributed by atoms with Crippen LogP contribution in [0.15, 0.2) is 61.3 Å². The van der Waals surface area contributed by atoms with Gasteiger partial charge in [-0.15, -0.1) is 23.1 Å². The lowest BCUT2D eigenvalue weighted by Crippen LogP contribution is -2.09. The molecule has 0 aromatic carbocycles. The number of nitrogens with two attached hydrogens (primary N) is 1. The van der Waals surface area contributed by atoms with E-state index in [4.69, 9.17) is 11.1 Å². The number of nitrogens with one attached hydrogen (secondary N) is 2. The third-order valence-electron chi connectivity index (χ3n) is 3.72. The number of hydrogen-bond acceptors (Lipinski definition) is 8. The molecule has 28 heavy (non-hydrogen) atoms. The lowest BCUT2D eigenvalue weighted by Gasteiger charge is -2.10. The van der Waals surface area contributed by atoms with E-state index in [0.717, 1.165) is 5.56 Å². The molecule has 0 aliphatic rings. The molecule has 0 amide bonds. The molecule has 0 bridgehead atoms. The number of pyridine rings is 2. The predicted octanol–water partition coefficient (Wildman–Crippen LogP) is 3.75. The number of hydrogen-bond donors (Lipinski definition) is 3. The summed E-state index contributed by atoms with van der Waals surface area (Å²) >= 11 is 5.88. The Bertz CT molecular complexity index is 1120. The van der Waals surface area contributed by atoms with Crippen molar-refractivity contribution in [3.8, 4) is 0 Å². The highest BCUT2D eigenvalue weighted by Crippen LogP contribution is 2.37. The van der Waals surface area contributed by atoms with Crippen LogP contribution in [-0.4, -0.2) is 30.5 Å².